The third-order valence-corrected chi connectivity index (χ3v) is 10.7. The second-order valence-electron chi connectivity index (χ2n) is 15.6. The molecule has 482 valence electrons. The highest BCUT2D eigenvalue weighted by Gasteiger charge is 3.05. The predicted octanol–water partition coefficient (Wildman–Crippen LogP) is 17.8. The fourth-order valence-electron chi connectivity index (χ4n) is 5.09. The Hall–Kier alpha value is -3.57. The molecule has 0 saturated carbocycles. The lowest BCUT2D eigenvalue weighted by molar-refractivity contribution is -0.499. The molecule has 51 heteroatoms. The van der Waals surface area contributed by atoms with Gasteiger partial charge in [-0.2, -0.15) is 224 Å². The molecule has 80 heavy (non-hydrogen) atoms. The average molecular weight is 1330 g/mol. The molecule has 0 aromatic rings. The Morgan fingerprint density at radius 3 is 0.338 bits per heavy atom. The third-order valence-electron chi connectivity index (χ3n) is 10.7. The van der Waals surface area contributed by atoms with Gasteiger partial charge in [0.1, 0.15) is 0 Å². The van der Waals surface area contributed by atoms with E-state index in [1.165, 1.54) is 0 Å². The summed E-state index contributed by atoms with van der Waals surface area (Å²) in [6.45, 7) is -0.372. The van der Waals surface area contributed by atoms with Crippen LogP contribution < -0.4 is 0 Å². The molecule has 0 nitrogen and oxygen atoms in total. The molecule has 1 atom stereocenters. The lowest BCUT2D eigenvalue weighted by atomic mass is 9.81. The summed E-state index contributed by atoms with van der Waals surface area (Å²) in [5.74, 6) is -250. The molecule has 0 heterocycles. The summed E-state index contributed by atoms with van der Waals surface area (Å²) in [5.41, 5.74) is 0. The molecule has 0 aliphatic rings. The summed E-state index contributed by atoms with van der Waals surface area (Å²) < 4.78 is 707. The van der Waals surface area contributed by atoms with Crippen molar-refractivity contribution in [2.24, 2.45) is 5.92 Å². The molecular formula is C29H9F51. The maximum Gasteiger partial charge on any atom is 0.460 e. The van der Waals surface area contributed by atoms with Crippen LogP contribution in [0.1, 0.15) is 20.3 Å². The van der Waals surface area contributed by atoms with Crippen molar-refractivity contribution in [3.05, 3.63) is 0 Å². The highest BCUT2D eigenvalue weighted by Crippen LogP contribution is 2.73. The molecule has 0 aromatic heterocycles. The van der Waals surface area contributed by atoms with Crippen LogP contribution in [0.4, 0.5) is 224 Å². The summed E-state index contributed by atoms with van der Waals surface area (Å²) in [6.07, 6.45) is -10.4. The largest absolute Gasteiger partial charge is 0.460 e. The fourth-order valence-corrected chi connectivity index (χ4v) is 5.09. The third kappa shape index (κ3) is 8.26. The van der Waals surface area contributed by atoms with Crippen LogP contribution in [0, 0.1) is 5.92 Å². The molecule has 0 aliphatic carbocycles. The van der Waals surface area contributed by atoms with Crippen LogP contribution in [0.25, 0.3) is 0 Å². The monoisotopic (exact) mass is 1330 g/mol. The van der Waals surface area contributed by atoms with Gasteiger partial charge < -0.3 is 0 Å². The van der Waals surface area contributed by atoms with Crippen LogP contribution in [-0.2, 0) is 0 Å². The molecule has 0 bridgehead atoms. The summed E-state index contributed by atoms with van der Waals surface area (Å²) in [7, 11) is 0. The quantitative estimate of drug-likeness (QED) is 0.0799. The summed E-state index contributed by atoms with van der Waals surface area (Å²) >= 11 is 0. The standard InChI is InChI=1S/C29H9F51/c1-3-4(2)5(30,31)6(32,33)7(34,35)8(36,37)9(38,39)10(40,41)11(42,43)12(44,45)13(46,47)14(48,49)15(50,51)16(52,53)17(54,55)18(56,57)19(58,59)20(60,61)21(62,63)22(64,65)23(66,67)24(68,69)25(70,71)26(72,73)27(74,75)28(76,77)29(78,79)80/h4H,3H2,1-2H3. The molecule has 0 radical (unpaired) electrons. The Morgan fingerprint density at radius 2 is 0.250 bits per heavy atom. The van der Waals surface area contributed by atoms with E-state index < -0.39 is 168 Å². The van der Waals surface area contributed by atoms with Gasteiger partial charge in [0, 0.05) is 5.92 Å². The van der Waals surface area contributed by atoms with Crippen molar-refractivity contribution < 1.29 is 224 Å². The van der Waals surface area contributed by atoms with Gasteiger partial charge in [-0.05, 0) is 6.42 Å². The van der Waals surface area contributed by atoms with Crippen molar-refractivity contribution in [1.29, 1.82) is 0 Å². The van der Waals surface area contributed by atoms with Gasteiger partial charge >= 0.3 is 148 Å². The minimum absolute atomic E-state index is 0.129. The number of halogens is 51. The Morgan fingerprint density at radius 1 is 0.163 bits per heavy atom. The highest BCUT2D eigenvalue weighted by atomic mass is 19.5. The van der Waals surface area contributed by atoms with Crippen molar-refractivity contribution in [2.45, 2.75) is 169 Å². The van der Waals surface area contributed by atoms with E-state index >= 15 is 0 Å². The zero-order chi connectivity index (χ0) is 66.8. The van der Waals surface area contributed by atoms with Gasteiger partial charge in [-0.3, -0.25) is 0 Å². The van der Waals surface area contributed by atoms with Crippen LogP contribution in [0.5, 0.6) is 0 Å². The van der Waals surface area contributed by atoms with E-state index in [2.05, 4.69) is 0 Å². The molecule has 0 aliphatic heterocycles. The van der Waals surface area contributed by atoms with Gasteiger partial charge in [-0.1, -0.05) is 13.8 Å². The first-order chi connectivity index (χ1) is 33.5. The minimum atomic E-state index is -11.0. The number of hydrogen-bond donors (Lipinski definition) is 0. The number of rotatable bonds is 25. The average Bonchev–Trinajstić information content (AvgIpc) is 3.23. The van der Waals surface area contributed by atoms with Crippen molar-refractivity contribution >= 4 is 0 Å². The van der Waals surface area contributed by atoms with Crippen LogP contribution in [0.15, 0.2) is 0 Å². The maximum atomic E-state index is 14.2. The summed E-state index contributed by atoms with van der Waals surface area (Å²) in [5, 5.41) is 0. The molecule has 0 aromatic carbocycles. The summed E-state index contributed by atoms with van der Waals surface area (Å²) in [4.78, 5) is 0. The van der Waals surface area contributed by atoms with E-state index in [0.717, 1.165) is 0 Å². The smallest absolute Gasteiger partial charge is 0.199 e. The Balaban J connectivity index is 8.24. The predicted molar refractivity (Wildman–Crippen MR) is 144 cm³/mol. The normalized spacial score (nSPS) is 17.8. The lowest BCUT2D eigenvalue weighted by Crippen LogP contribution is -2.81. The van der Waals surface area contributed by atoms with Crippen molar-refractivity contribution in [3.63, 3.8) is 0 Å². The number of alkyl halides is 51. The topological polar surface area (TPSA) is 0 Å². The van der Waals surface area contributed by atoms with Crippen molar-refractivity contribution in [2.75, 3.05) is 0 Å². The molecule has 0 saturated heterocycles. The van der Waals surface area contributed by atoms with E-state index in [0.29, 0.717) is 0 Å². The van der Waals surface area contributed by atoms with Gasteiger partial charge in [0.25, 0.3) is 0 Å². The van der Waals surface area contributed by atoms with Crippen molar-refractivity contribution in [3.8, 4) is 0 Å². The first-order valence-corrected chi connectivity index (χ1v) is 17.6. The molecule has 0 N–H and O–H groups in total. The zero-order valence-electron chi connectivity index (χ0n) is 35.1. The van der Waals surface area contributed by atoms with Gasteiger partial charge in [-0.15, -0.1) is 0 Å². The molecule has 0 spiro atoms. The van der Waals surface area contributed by atoms with Gasteiger partial charge in [-0.25, -0.2) is 0 Å². The van der Waals surface area contributed by atoms with Gasteiger partial charge in [0.2, 0.25) is 0 Å². The molecule has 0 amide bonds. The molecule has 0 fully saturated rings. The second kappa shape index (κ2) is 18.5. The highest BCUT2D eigenvalue weighted by molar-refractivity contribution is 5.25. The Bertz CT molecular complexity index is 2210. The second-order valence-corrected chi connectivity index (χ2v) is 15.6. The Labute approximate surface area is 399 Å². The molecule has 1 unspecified atom stereocenters. The molecule has 0 rings (SSSR count). The zero-order valence-corrected chi connectivity index (χ0v) is 35.1. The van der Waals surface area contributed by atoms with Crippen LogP contribution in [0.2, 0.25) is 0 Å². The van der Waals surface area contributed by atoms with E-state index in [-0.39, 0.29) is 6.92 Å². The van der Waals surface area contributed by atoms with Gasteiger partial charge in [0.05, 0.1) is 0 Å². The Kier molecular flexibility index (Phi) is 17.6. The number of hydrogen-bond acceptors (Lipinski definition) is 0. The lowest BCUT2D eigenvalue weighted by Gasteiger charge is -2.48. The fraction of sp³-hybridized carbons (Fsp3) is 1.00. The van der Waals surface area contributed by atoms with E-state index in [1.807, 2.05) is 0 Å². The summed E-state index contributed by atoms with van der Waals surface area (Å²) in [6, 6.07) is 0. The van der Waals surface area contributed by atoms with E-state index in [4.69, 9.17) is 0 Å². The van der Waals surface area contributed by atoms with Gasteiger partial charge in [0.15, 0.2) is 0 Å². The van der Waals surface area contributed by atoms with Crippen LogP contribution in [0.3, 0.4) is 0 Å². The minimum Gasteiger partial charge on any atom is -0.199 e. The molecular weight excluding hydrogens is 1320 g/mol. The maximum absolute atomic E-state index is 14.2. The first-order valence-electron chi connectivity index (χ1n) is 17.6. The van der Waals surface area contributed by atoms with E-state index in [1.54, 1.807) is 0 Å². The van der Waals surface area contributed by atoms with Crippen LogP contribution >= 0.6 is 0 Å². The van der Waals surface area contributed by atoms with Crippen molar-refractivity contribution in [1.82, 2.24) is 0 Å². The van der Waals surface area contributed by atoms with Crippen LogP contribution in [-0.4, -0.2) is 148 Å². The first kappa shape index (κ1) is 76.4. The SMILES string of the molecule is CCC(C)C(F)(F)C(F)(F)C(F)(F)C(F)(F)C(F)(F)C(F)(F)C(F)(F)C(F)(F)C(F)(F)C(F)(F)C(F)(F)C(F)(F)C(F)(F)C(F)(F)C(F)(F)C(F)(F)C(F)(F)C(F)(F)C(F)(F)C(F)(F)C(F)(F)C(F)(F)C(F)(F)C(F)(F)C(F)(F)F. The van der Waals surface area contributed by atoms with E-state index in [9.17, 15) is 224 Å².